The second kappa shape index (κ2) is 6.54. The van der Waals surface area contributed by atoms with E-state index in [0.29, 0.717) is 12.0 Å². The Kier molecular flexibility index (Phi) is 4.68. The number of carbonyl (C=O) groups is 1. The molecule has 1 aliphatic heterocycles. The molecule has 2 heterocycles. The fourth-order valence-corrected chi connectivity index (χ4v) is 4.17. The maximum Gasteiger partial charge on any atom is 0.409 e. The van der Waals surface area contributed by atoms with Gasteiger partial charge in [0.25, 0.3) is 0 Å². The first-order valence-corrected chi connectivity index (χ1v) is 8.85. The van der Waals surface area contributed by atoms with E-state index in [1.807, 2.05) is 5.38 Å². The second-order valence-corrected chi connectivity index (χ2v) is 7.60. The van der Waals surface area contributed by atoms with Crippen LogP contribution in [0, 0.1) is 5.41 Å². The summed E-state index contributed by atoms with van der Waals surface area (Å²) in [4.78, 5) is 18.2. The molecule has 3 rings (SSSR count). The summed E-state index contributed by atoms with van der Waals surface area (Å²) >= 11 is 1.63. The van der Waals surface area contributed by atoms with Gasteiger partial charge in [-0.05, 0) is 31.1 Å². The van der Waals surface area contributed by atoms with E-state index >= 15 is 0 Å². The number of hydrogen-bond acceptors (Lipinski definition) is 5. The summed E-state index contributed by atoms with van der Waals surface area (Å²) in [6, 6.07) is 0. The van der Waals surface area contributed by atoms with Crippen LogP contribution in [0.5, 0.6) is 0 Å². The summed E-state index contributed by atoms with van der Waals surface area (Å²) in [5.41, 5.74) is 0.385. The summed E-state index contributed by atoms with van der Waals surface area (Å²) < 4.78 is 11.0. The van der Waals surface area contributed by atoms with E-state index in [4.69, 9.17) is 9.47 Å². The lowest BCUT2D eigenvalue weighted by atomic mass is 9.62. The molecule has 1 saturated carbocycles. The summed E-state index contributed by atoms with van der Waals surface area (Å²) in [5.74, 6) is 0.237. The summed E-state index contributed by atoms with van der Waals surface area (Å²) in [6.45, 7) is 4.43. The van der Waals surface area contributed by atoms with Crippen molar-refractivity contribution in [2.45, 2.75) is 44.6 Å². The highest BCUT2D eigenvalue weighted by Crippen LogP contribution is 2.50. The zero-order valence-electron chi connectivity index (χ0n) is 13.3. The van der Waals surface area contributed by atoms with Crippen LogP contribution >= 0.6 is 11.3 Å². The minimum absolute atomic E-state index is 0.0863. The number of ether oxygens (including phenoxy) is 2. The summed E-state index contributed by atoms with van der Waals surface area (Å²) in [7, 11) is 1.80. The highest BCUT2D eigenvalue weighted by molar-refractivity contribution is 7.09. The van der Waals surface area contributed by atoms with Crippen LogP contribution in [-0.4, -0.2) is 48.9 Å². The fourth-order valence-electron chi connectivity index (χ4n) is 3.48. The third-order valence-corrected chi connectivity index (χ3v) is 5.88. The number of nitrogens with zero attached hydrogens (tertiary/aromatic N) is 2. The van der Waals surface area contributed by atoms with Gasteiger partial charge in [-0.1, -0.05) is 6.92 Å². The zero-order chi connectivity index (χ0) is 15.6. The average molecular weight is 324 g/mol. The van der Waals surface area contributed by atoms with Gasteiger partial charge in [-0.15, -0.1) is 11.3 Å². The van der Waals surface area contributed by atoms with E-state index in [-0.39, 0.29) is 18.1 Å². The molecule has 0 bridgehead atoms. The van der Waals surface area contributed by atoms with Crippen molar-refractivity contribution in [3.05, 3.63) is 16.6 Å². The van der Waals surface area contributed by atoms with E-state index in [1.54, 1.807) is 29.5 Å². The number of amides is 1. The Morgan fingerprint density at radius 3 is 2.91 bits per heavy atom. The fraction of sp³-hybridized carbons (Fsp3) is 0.750. The van der Waals surface area contributed by atoms with Gasteiger partial charge in [-0.2, -0.15) is 0 Å². The Bertz CT molecular complexity index is 491. The molecule has 0 radical (unpaired) electrons. The Hall–Kier alpha value is -1.14. The molecule has 1 saturated heterocycles. The molecule has 0 N–H and O–H groups in total. The van der Waals surface area contributed by atoms with E-state index in [9.17, 15) is 4.79 Å². The molecule has 2 fully saturated rings. The van der Waals surface area contributed by atoms with E-state index < -0.39 is 0 Å². The largest absolute Gasteiger partial charge is 0.446 e. The molecule has 5 nitrogen and oxygen atoms in total. The van der Waals surface area contributed by atoms with Crippen LogP contribution in [0.15, 0.2) is 11.6 Å². The van der Waals surface area contributed by atoms with Crippen molar-refractivity contribution in [1.82, 2.24) is 9.88 Å². The van der Waals surface area contributed by atoms with Gasteiger partial charge in [0.05, 0.1) is 5.01 Å². The van der Waals surface area contributed by atoms with Gasteiger partial charge in [-0.25, -0.2) is 9.78 Å². The second-order valence-electron chi connectivity index (χ2n) is 6.68. The van der Waals surface area contributed by atoms with Gasteiger partial charge < -0.3 is 14.4 Å². The standard InChI is InChI=1S/C16H24N2O3S/c1-12(14-17-5-8-22-14)11-18(2)15(19)21-13-9-16(10-13)3-6-20-7-4-16/h5,8,12-13H,3-4,6-7,9-11H2,1-2H3. The van der Waals surface area contributed by atoms with Crippen molar-refractivity contribution in [2.75, 3.05) is 26.8 Å². The first-order chi connectivity index (χ1) is 10.6. The third-order valence-electron chi connectivity index (χ3n) is 4.87. The van der Waals surface area contributed by atoms with Crippen LogP contribution in [-0.2, 0) is 9.47 Å². The minimum Gasteiger partial charge on any atom is -0.446 e. The number of carbonyl (C=O) groups excluding carboxylic acids is 1. The lowest BCUT2D eigenvalue weighted by Gasteiger charge is -2.49. The predicted octanol–water partition coefficient (Wildman–Crippen LogP) is 3.27. The van der Waals surface area contributed by atoms with Gasteiger partial charge in [0.15, 0.2) is 0 Å². The SMILES string of the molecule is CC(CN(C)C(=O)OC1CC2(CCOCC2)C1)c1nccs1. The average Bonchev–Trinajstić information content (AvgIpc) is 3.00. The van der Waals surface area contributed by atoms with Crippen molar-refractivity contribution in [3.63, 3.8) is 0 Å². The van der Waals surface area contributed by atoms with Gasteiger partial charge in [0, 0.05) is 44.3 Å². The Balaban J connectivity index is 1.42. The number of thiazole rings is 1. The summed E-state index contributed by atoms with van der Waals surface area (Å²) in [5, 5.41) is 3.02. The third kappa shape index (κ3) is 3.43. The lowest BCUT2D eigenvalue weighted by Crippen LogP contribution is -2.48. The molecule has 2 aliphatic rings. The number of aromatic nitrogens is 1. The monoisotopic (exact) mass is 324 g/mol. The minimum atomic E-state index is -0.213. The molecule has 0 aromatic carbocycles. The molecule has 6 heteroatoms. The molecule has 22 heavy (non-hydrogen) atoms. The van der Waals surface area contributed by atoms with Crippen LogP contribution in [0.1, 0.15) is 43.5 Å². The number of rotatable bonds is 4. The van der Waals surface area contributed by atoms with Crippen molar-refractivity contribution in [2.24, 2.45) is 5.41 Å². The highest BCUT2D eigenvalue weighted by Gasteiger charge is 2.47. The first-order valence-electron chi connectivity index (χ1n) is 7.97. The number of hydrogen-bond donors (Lipinski definition) is 0. The predicted molar refractivity (Wildman–Crippen MR) is 85.1 cm³/mol. The summed E-state index contributed by atoms with van der Waals surface area (Å²) in [6.07, 6.45) is 5.89. The van der Waals surface area contributed by atoms with Crippen LogP contribution < -0.4 is 0 Å². The lowest BCUT2D eigenvalue weighted by molar-refractivity contribution is -0.102. The van der Waals surface area contributed by atoms with E-state index in [1.165, 1.54) is 0 Å². The van der Waals surface area contributed by atoms with Gasteiger partial charge >= 0.3 is 6.09 Å². The molecule has 1 aromatic rings. The van der Waals surface area contributed by atoms with Gasteiger partial charge in [0.2, 0.25) is 0 Å². The highest BCUT2D eigenvalue weighted by atomic mass is 32.1. The van der Waals surface area contributed by atoms with Crippen molar-refractivity contribution < 1.29 is 14.3 Å². The van der Waals surface area contributed by atoms with Crippen LogP contribution in [0.2, 0.25) is 0 Å². The Morgan fingerprint density at radius 2 is 2.27 bits per heavy atom. The molecular formula is C16H24N2O3S. The van der Waals surface area contributed by atoms with Crippen LogP contribution in [0.3, 0.4) is 0 Å². The number of likely N-dealkylation sites (N-methyl/N-ethyl adjacent to an activating group) is 1. The maximum absolute atomic E-state index is 12.2. The normalized spacial score (nSPS) is 22.1. The van der Waals surface area contributed by atoms with Gasteiger partial charge in [-0.3, -0.25) is 0 Å². The topological polar surface area (TPSA) is 51.7 Å². The first kappa shape index (κ1) is 15.7. The molecular weight excluding hydrogens is 300 g/mol. The Labute approximate surface area is 135 Å². The van der Waals surface area contributed by atoms with Crippen LogP contribution in [0.25, 0.3) is 0 Å². The molecule has 1 aromatic heterocycles. The maximum atomic E-state index is 12.2. The van der Waals surface area contributed by atoms with E-state index in [2.05, 4.69) is 11.9 Å². The molecule has 1 amide bonds. The Morgan fingerprint density at radius 1 is 1.55 bits per heavy atom. The van der Waals surface area contributed by atoms with Crippen LogP contribution in [0.4, 0.5) is 4.79 Å². The molecule has 1 unspecified atom stereocenters. The molecule has 1 aliphatic carbocycles. The zero-order valence-corrected chi connectivity index (χ0v) is 14.1. The van der Waals surface area contributed by atoms with Crippen molar-refractivity contribution in [1.29, 1.82) is 0 Å². The quantitative estimate of drug-likeness (QED) is 0.853. The molecule has 1 spiro atoms. The smallest absolute Gasteiger partial charge is 0.409 e. The van der Waals surface area contributed by atoms with Gasteiger partial charge in [0.1, 0.15) is 6.10 Å². The van der Waals surface area contributed by atoms with Crippen molar-refractivity contribution >= 4 is 17.4 Å². The van der Waals surface area contributed by atoms with E-state index in [0.717, 1.165) is 43.9 Å². The molecule has 1 atom stereocenters. The van der Waals surface area contributed by atoms with Crippen molar-refractivity contribution in [3.8, 4) is 0 Å². The molecule has 122 valence electrons.